The Balaban J connectivity index is 4.14. The topological polar surface area (TPSA) is 0 Å². The second kappa shape index (κ2) is 6.71. The quantitative estimate of drug-likeness (QED) is 0.610. The van der Waals surface area contributed by atoms with Gasteiger partial charge in [0.25, 0.3) is 0 Å². The number of hydrogen-bond acceptors (Lipinski definition) is 0. The Morgan fingerprint density at radius 3 is 1.56 bits per heavy atom. The molecule has 0 rings (SSSR count). The lowest BCUT2D eigenvalue weighted by molar-refractivity contribution is 1.37. The zero-order valence-corrected chi connectivity index (χ0v) is 17.3. The minimum atomic E-state index is -0.805. The highest BCUT2D eigenvalue weighted by Gasteiger charge is 2.28. The van der Waals surface area contributed by atoms with Gasteiger partial charge >= 0.3 is 0 Å². The van der Waals surface area contributed by atoms with Crippen molar-refractivity contribution in [1.82, 2.24) is 0 Å². The molecule has 0 fully saturated rings. The molecule has 0 N–H and O–H groups in total. The Kier molecular flexibility index (Phi) is 7.07. The SMILES string of the molecule is CC[SiH](C)C[Si](C)(C)C[SiH](C)C[Si](C)(C)C. The molecule has 0 aliphatic heterocycles. The van der Waals surface area contributed by atoms with Crippen LogP contribution in [0, 0.1) is 0 Å². The van der Waals surface area contributed by atoms with Crippen LogP contribution in [0.3, 0.4) is 0 Å². The molecule has 98 valence electrons. The highest BCUT2D eigenvalue weighted by atomic mass is 28.4. The Labute approximate surface area is 109 Å². The first-order chi connectivity index (χ1) is 7.06. The van der Waals surface area contributed by atoms with Gasteiger partial charge < -0.3 is 0 Å². The highest BCUT2D eigenvalue weighted by Crippen LogP contribution is 2.23. The average molecular weight is 291 g/mol. The molecule has 16 heavy (non-hydrogen) atoms. The van der Waals surface area contributed by atoms with E-state index in [0.29, 0.717) is 0 Å². The van der Waals surface area contributed by atoms with Crippen molar-refractivity contribution < 1.29 is 0 Å². The van der Waals surface area contributed by atoms with Crippen molar-refractivity contribution in [2.45, 2.75) is 75.8 Å². The van der Waals surface area contributed by atoms with Gasteiger partial charge in [0, 0.05) is 33.7 Å². The highest BCUT2D eigenvalue weighted by molar-refractivity contribution is 6.98. The third-order valence-corrected chi connectivity index (χ3v) is 27.0. The van der Waals surface area contributed by atoms with Crippen LogP contribution in [-0.4, -0.2) is 33.7 Å². The van der Waals surface area contributed by atoms with Gasteiger partial charge in [-0.15, -0.1) is 0 Å². The first kappa shape index (κ1) is 16.9. The van der Waals surface area contributed by atoms with E-state index in [1.165, 1.54) is 6.04 Å². The molecule has 0 bridgehead atoms. The zero-order valence-electron chi connectivity index (χ0n) is 13.0. The predicted octanol–water partition coefficient (Wildman–Crippen LogP) is 4.38. The third-order valence-electron chi connectivity index (χ3n) is 3.46. The molecule has 0 amide bonds. The molecule has 0 aliphatic carbocycles. The molecule has 0 aromatic heterocycles. The lowest BCUT2D eigenvalue weighted by atomic mass is 11.0. The summed E-state index contributed by atoms with van der Waals surface area (Å²) in [5.41, 5.74) is 5.09. The van der Waals surface area contributed by atoms with E-state index in [2.05, 4.69) is 52.8 Å². The van der Waals surface area contributed by atoms with Gasteiger partial charge in [0.15, 0.2) is 0 Å². The lowest BCUT2D eigenvalue weighted by Gasteiger charge is -2.30. The van der Waals surface area contributed by atoms with Crippen molar-refractivity contribution in [3.05, 3.63) is 0 Å². The fourth-order valence-corrected chi connectivity index (χ4v) is 31.9. The molecule has 0 nitrogen and oxygen atoms in total. The second-order valence-electron chi connectivity index (χ2n) is 7.96. The molecule has 0 heterocycles. The van der Waals surface area contributed by atoms with E-state index in [-0.39, 0.29) is 17.6 Å². The lowest BCUT2D eigenvalue weighted by Crippen LogP contribution is -2.38. The van der Waals surface area contributed by atoms with E-state index >= 15 is 0 Å². The number of rotatable bonds is 7. The second-order valence-corrected chi connectivity index (χ2v) is 27.5. The Morgan fingerprint density at radius 1 is 0.750 bits per heavy atom. The smallest absolute Gasteiger partial charge is 0.0416 e. The molecule has 2 unspecified atom stereocenters. The first-order valence-corrected chi connectivity index (χ1v) is 19.8. The summed E-state index contributed by atoms with van der Waals surface area (Å²) in [7, 11) is -2.28. The zero-order chi connectivity index (χ0) is 13.0. The Hall–Kier alpha value is 0.868. The van der Waals surface area contributed by atoms with Crippen molar-refractivity contribution in [1.29, 1.82) is 0 Å². The van der Waals surface area contributed by atoms with E-state index < -0.39 is 16.1 Å². The minimum absolute atomic E-state index is 0.323. The fraction of sp³-hybridized carbons (Fsp3) is 1.00. The van der Waals surface area contributed by atoms with E-state index in [0.717, 1.165) is 0 Å². The molecular weight excluding hydrogens is 256 g/mol. The van der Waals surface area contributed by atoms with Gasteiger partial charge in [-0.3, -0.25) is 0 Å². The number of hydrogen-bond donors (Lipinski definition) is 0. The normalized spacial score (nSPS) is 17.2. The van der Waals surface area contributed by atoms with Gasteiger partial charge in [-0.25, -0.2) is 0 Å². The van der Waals surface area contributed by atoms with Crippen LogP contribution in [0.5, 0.6) is 0 Å². The van der Waals surface area contributed by atoms with E-state index in [9.17, 15) is 0 Å². The van der Waals surface area contributed by atoms with Crippen LogP contribution >= 0.6 is 0 Å². The maximum atomic E-state index is 2.67. The van der Waals surface area contributed by atoms with Crippen molar-refractivity contribution in [3.63, 3.8) is 0 Å². The predicted molar refractivity (Wildman–Crippen MR) is 91.8 cm³/mol. The largest absolute Gasteiger partial charge is 0.0724 e. The molecule has 0 spiro atoms. The molecule has 2 atom stereocenters. The Morgan fingerprint density at radius 2 is 1.19 bits per heavy atom. The molecule has 0 radical (unpaired) electrons. The summed E-state index contributed by atoms with van der Waals surface area (Å²) >= 11 is 0. The summed E-state index contributed by atoms with van der Waals surface area (Å²) in [6.45, 7) is 20.6. The van der Waals surface area contributed by atoms with Crippen LogP contribution in [0.4, 0.5) is 0 Å². The maximum absolute atomic E-state index is 2.67. The summed E-state index contributed by atoms with van der Waals surface area (Å²) in [6, 6.07) is 1.51. The van der Waals surface area contributed by atoms with Crippen LogP contribution in [0.1, 0.15) is 6.92 Å². The van der Waals surface area contributed by atoms with Gasteiger partial charge in [-0.05, 0) is 0 Å². The summed E-state index contributed by atoms with van der Waals surface area (Å²) < 4.78 is 0. The molecule has 0 saturated heterocycles. The van der Waals surface area contributed by atoms with Gasteiger partial charge in [-0.2, -0.15) is 0 Å². The van der Waals surface area contributed by atoms with E-state index in [1.54, 1.807) is 17.0 Å². The standard InChI is InChI=1S/C12H34Si4/c1-9-13(2)11-16(7,8)12-14(3)10-15(4,5)6/h13-14H,9-12H2,1-8H3. The van der Waals surface area contributed by atoms with Crippen molar-refractivity contribution in [3.8, 4) is 0 Å². The minimum Gasteiger partial charge on any atom is -0.0724 e. The Bertz CT molecular complexity index is 196. The summed E-state index contributed by atoms with van der Waals surface area (Å²) in [6.07, 6.45) is 0. The average Bonchev–Trinajstić information content (AvgIpc) is 1.97. The molecule has 0 aromatic rings. The van der Waals surface area contributed by atoms with Gasteiger partial charge in [0.1, 0.15) is 0 Å². The molecule has 4 heteroatoms. The van der Waals surface area contributed by atoms with Gasteiger partial charge in [-0.1, -0.05) is 75.8 Å². The molecule has 0 aromatic carbocycles. The van der Waals surface area contributed by atoms with Crippen LogP contribution < -0.4 is 0 Å². The molecule has 0 aliphatic rings. The first-order valence-electron chi connectivity index (χ1n) is 7.06. The van der Waals surface area contributed by atoms with Gasteiger partial charge in [0.05, 0.1) is 0 Å². The summed E-state index contributed by atoms with van der Waals surface area (Å²) in [4.78, 5) is 0. The maximum Gasteiger partial charge on any atom is 0.0416 e. The fourth-order valence-electron chi connectivity index (χ4n) is 3.23. The summed E-state index contributed by atoms with van der Waals surface area (Å²) in [5, 5.41) is 0. The van der Waals surface area contributed by atoms with E-state index in [4.69, 9.17) is 0 Å². The van der Waals surface area contributed by atoms with Crippen molar-refractivity contribution in [2.24, 2.45) is 0 Å². The van der Waals surface area contributed by atoms with Crippen LogP contribution in [0.15, 0.2) is 0 Å². The van der Waals surface area contributed by atoms with Gasteiger partial charge in [0.2, 0.25) is 0 Å². The molecule has 0 saturated carbocycles. The van der Waals surface area contributed by atoms with Crippen LogP contribution in [0.25, 0.3) is 0 Å². The monoisotopic (exact) mass is 290 g/mol. The van der Waals surface area contributed by atoms with Crippen LogP contribution in [-0.2, 0) is 0 Å². The summed E-state index contributed by atoms with van der Waals surface area (Å²) in [5.74, 6) is 0. The third kappa shape index (κ3) is 8.96. The van der Waals surface area contributed by atoms with Crippen molar-refractivity contribution >= 4 is 33.7 Å². The van der Waals surface area contributed by atoms with Crippen LogP contribution in [0.2, 0.25) is 68.9 Å². The van der Waals surface area contributed by atoms with E-state index in [1.807, 2.05) is 0 Å². The molecular formula is C12H34Si4. The van der Waals surface area contributed by atoms with Crippen molar-refractivity contribution in [2.75, 3.05) is 0 Å².